The van der Waals surface area contributed by atoms with Gasteiger partial charge < -0.3 is 10.2 Å². The highest BCUT2D eigenvalue weighted by atomic mass is 32.2. The van der Waals surface area contributed by atoms with Crippen molar-refractivity contribution in [3.05, 3.63) is 29.3 Å². The fourth-order valence-electron chi connectivity index (χ4n) is 3.26. The Kier molecular flexibility index (Phi) is 5.10. The van der Waals surface area contributed by atoms with E-state index in [-0.39, 0.29) is 17.6 Å². The summed E-state index contributed by atoms with van der Waals surface area (Å²) in [7, 11) is -3.21. The minimum absolute atomic E-state index is 0.00372. The molecular weight excluding hydrogens is 342 g/mol. The molecule has 7 nitrogen and oxygen atoms in total. The molecule has 1 aromatic rings. The summed E-state index contributed by atoms with van der Waals surface area (Å²) in [6.07, 6.45) is 1.65. The Morgan fingerprint density at radius 1 is 1.16 bits per heavy atom. The monoisotopic (exact) mass is 365 g/mol. The van der Waals surface area contributed by atoms with Crippen LogP contribution in [0.1, 0.15) is 35.7 Å². The van der Waals surface area contributed by atoms with Crippen LogP contribution in [0.25, 0.3) is 0 Å². The van der Waals surface area contributed by atoms with Crippen molar-refractivity contribution in [3.8, 4) is 0 Å². The quantitative estimate of drug-likeness (QED) is 0.865. The molecule has 1 aromatic carbocycles. The maximum atomic E-state index is 12.7. The summed E-state index contributed by atoms with van der Waals surface area (Å²) >= 11 is 0. The Morgan fingerprint density at radius 2 is 1.88 bits per heavy atom. The number of hydrogen-bond donors (Lipinski definition) is 1. The molecule has 0 radical (unpaired) electrons. The second-order valence-corrected chi connectivity index (χ2v) is 8.52. The number of carbonyl (C=O) groups is 2. The standard InChI is InChI=1S/C17H23N3O4S/c1-2-11-25(23,24)20-9-7-19(8-10-20)17(22)14-3-5-15-13(12-14)4-6-16(21)18-15/h3,5,12H,2,4,6-11H2,1H3,(H,18,21). The lowest BCUT2D eigenvalue weighted by Crippen LogP contribution is -2.51. The number of nitrogens with zero attached hydrogens (tertiary/aromatic N) is 2. The van der Waals surface area contributed by atoms with E-state index in [1.807, 2.05) is 13.0 Å². The Labute approximate surface area is 148 Å². The van der Waals surface area contributed by atoms with Gasteiger partial charge >= 0.3 is 0 Å². The number of carbonyl (C=O) groups excluding carboxylic acids is 2. The topological polar surface area (TPSA) is 86.8 Å². The van der Waals surface area contributed by atoms with E-state index in [0.717, 1.165) is 11.3 Å². The number of rotatable bonds is 4. The third-order valence-electron chi connectivity index (χ3n) is 4.63. The first kappa shape index (κ1) is 17.9. The van der Waals surface area contributed by atoms with Gasteiger partial charge in [-0.15, -0.1) is 0 Å². The smallest absolute Gasteiger partial charge is 0.253 e. The van der Waals surface area contributed by atoms with Gasteiger partial charge in [0.25, 0.3) is 5.91 Å². The zero-order chi connectivity index (χ0) is 18.0. The molecule has 0 unspecified atom stereocenters. The molecule has 8 heteroatoms. The maximum absolute atomic E-state index is 12.7. The highest BCUT2D eigenvalue weighted by Gasteiger charge is 2.29. The van der Waals surface area contributed by atoms with Crippen molar-refractivity contribution in [3.63, 3.8) is 0 Å². The van der Waals surface area contributed by atoms with Crippen molar-refractivity contribution in [2.75, 3.05) is 37.2 Å². The number of sulfonamides is 1. The second-order valence-electron chi connectivity index (χ2n) is 6.43. The number of fused-ring (bicyclic) bond motifs is 1. The van der Waals surface area contributed by atoms with Gasteiger partial charge in [-0.1, -0.05) is 6.92 Å². The molecule has 2 aliphatic heterocycles. The van der Waals surface area contributed by atoms with Gasteiger partial charge in [-0.05, 0) is 36.6 Å². The molecular formula is C17H23N3O4S. The van der Waals surface area contributed by atoms with Crippen molar-refractivity contribution >= 4 is 27.5 Å². The fourth-order valence-corrected chi connectivity index (χ4v) is 4.75. The van der Waals surface area contributed by atoms with Crippen molar-refractivity contribution < 1.29 is 18.0 Å². The molecule has 3 rings (SSSR count). The minimum Gasteiger partial charge on any atom is -0.336 e. The number of nitrogens with one attached hydrogen (secondary N) is 1. The van der Waals surface area contributed by atoms with Crippen LogP contribution in [-0.2, 0) is 21.2 Å². The van der Waals surface area contributed by atoms with E-state index in [1.165, 1.54) is 4.31 Å². The van der Waals surface area contributed by atoms with Crippen molar-refractivity contribution in [1.29, 1.82) is 0 Å². The van der Waals surface area contributed by atoms with Crippen molar-refractivity contribution in [2.24, 2.45) is 0 Å². The van der Waals surface area contributed by atoms with Crippen molar-refractivity contribution in [1.82, 2.24) is 9.21 Å². The van der Waals surface area contributed by atoms with E-state index in [4.69, 9.17) is 0 Å². The molecule has 136 valence electrons. The molecule has 0 atom stereocenters. The first-order valence-electron chi connectivity index (χ1n) is 8.60. The Hall–Kier alpha value is -1.93. The van der Waals surface area contributed by atoms with E-state index in [0.29, 0.717) is 51.0 Å². The summed E-state index contributed by atoms with van der Waals surface area (Å²) < 4.78 is 25.7. The first-order valence-corrected chi connectivity index (χ1v) is 10.2. The van der Waals surface area contributed by atoms with E-state index < -0.39 is 10.0 Å². The minimum atomic E-state index is -3.21. The average molecular weight is 365 g/mol. The third-order valence-corrected chi connectivity index (χ3v) is 6.71. The van der Waals surface area contributed by atoms with Crippen LogP contribution in [0.15, 0.2) is 18.2 Å². The van der Waals surface area contributed by atoms with Crippen LogP contribution in [0.4, 0.5) is 5.69 Å². The molecule has 2 aliphatic rings. The molecule has 0 aliphatic carbocycles. The fraction of sp³-hybridized carbons (Fsp3) is 0.529. The second kappa shape index (κ2) is 7.13. The summed E-state index contributed by atoms with van der Waals surface area (Å²) in [5, 5.41) is 2.80. The number of hydrogen-bond acceptors (Lipinski definition) is 4. The van der Waals surface area contributed by atoms with Crippen LogP contribution in [0, 0.1) is 0 Å². The predicted molar refractivity (Wildman–Crippen MR) is 94.9 cm³/mol. The van der Waals surface area contributed by atoms with Gasteiger partial charge in [0, 0.05) is 43.9 Å². The largest absolute Gasteiger partial charge is 0.336 e. The molecule has 0 aromatic heterocycles. The van der Waals surface area contributed by atoms with Gasteiger partial charge in [0.05, 0.1) is 5.75 Å². The van der Waals surface area contributed by atoms with Crippen LogP contribution in [0.3, 0.4) is 0 Å². The molecule has 1 fully saturated rings. The molecule has 2 heterocycles. The van der Waals surface area contributed by atoms with Crippen LogP contribution in [-0.4, -0.2) is 61.4 Å². The molecule has 1 N–H and O–H groups in total. The van der Waals surface area contributed by atoms with Crippen molar-refractivity contribution in [2.45, 2.75) is 26.2 Å². The van der Waals surface area contributed by atoms with E-state index in [9.17, 15) is 18.0 Å². The number of piperazine rings is 1. The maximum Gasteiger partial charge on any atom is 0.253 e. The molecule has 0 spiro atoms. The lowest BCUT2D eigenvalue weighted by atomic mass is 10.00. The summed E-state index contributed by atoms with van der Waals surface area (Å²) in [5.74, 6) is 0.0561. The lowest BCUT2D eigenvalue weighted by Gasteiger charge is -2.34. The normalized spacial score (nSPS) is 18.6. The Bertz CT molecular complexity index is 783. The average Bonchev–Trinajstić information content (AvgIpc) is 2.60. The molecule has 0 saturated carbocycles. The summed E-state index contributed by atoms with van der Waals surface area (Å²) in [6, 6.07) is 5.31. The van der Waals surface area contributed by atoms with Gasteiger partial charge in [0.1, 0.15) is 0 Å². The van der Waals surface area contributed by atoms with E-state index in [1.54, 1.807) is 17.0 Å². The Morgan fingerprint density at radius 3 is 2.56 bits per heavy atom. The van der Waals surface area contributed by atoms with Gasteiger partial charge in [-0.3, -0.25) is 9.59 Å². The SMILES string of the molecule is CCCS(=O)(=O)N1CCN(C(=O)c2ccc3c(c2)CCC(=O)N3)CC1. The van der Waals surface area contributed by atoms with Crippen LogP contribution in [0.2, 0.25) is 0 Å². The zero-order valence-electron chi connectivity index (χ0n) is 14.3. The van der Waals surface area contributed by atoms with E-state index >= 15 is 0 Å². The van der Waals surface area contributed by atoms with Crippen LogP contribution in [0.5, 0.6) is 0 Å². The Balaban J connectivity index is 1.66. The molecule has 1 saturated heterocycles. The van der Waals surface area contributed by atoms with Gasteiger partial charge in [-0.25, -0.2) is 8.42 Å². The number of aryl methyl sites for hydroxylation is 1. The third kappa shape index (κ3) is 3.85. The molecule has 2 amide bonds. The first-order chi connectivity index (χ1) is 11.9. The van der Waals surface area contributed by atoms with Gasteiger partial charge in [0.2, 0.25) is 15.9 Å². The molecule has 25 heavy (non-hydrogen) atoms. The number of benzene rings is 1. The van der Waals surface area contributed by atoms with Gasteiger partial charge in [-0.2, -0.15) is 4.31 Å². The highest BCUT2D eigenvalue weighted by molar-refractivity contribution is 7.89. The highest BCUT2D eigenvalue weighted by Crippen LogP contribution is 2.24. The van der Waals surface area contributed by atoms with E-state index in [2.05, 4.69) is 5.32 Å². The molecule has 0 bridgehead atoms. The number of anilines is 1. The lowest BCUT2D eigenvalue weighted by molar-refractivity contribution is -0.116. The number of amides is 2. The summed E-state index contributed by atoms with van der Waals surface area (Å²) in [4.78, 5) is 25.8. The predicted octanol–water partition coefficient (Wildman–Crippen LogP) is 1.07. The zero-order valence-corrected chi connectivity index (χ0v) is 15.1. The van der Waals surface area contributed by atoms with Crippen LogP contribution < -0.4 is 5.32 Å². The summed E-state index contributed by atoms with van der Waals surface area (Å²) in [6.45, 7) is 3.32. The van der Waals surface area contributed by atoms with Gasteiger partial charge in [0.15, 0.2) is 0 Å². The van der Waals surface area contributed by atoms with Crippen LogP contribution >= 0.6 is 0 Å². The summed E-state index contributed by atoms with van der Waals surface area (Å²) in [5.41, 5.74) is 2.32.